The Morgan fingerprint density at radius 3 is 2.55 bits per heavy atom. The molecule has 1 saturated carbocycles. The second-order valence-electron chi connectivity index (χ2n) is 8.83. The molecule has 4 nitrogen and oxygen atoms in total. The molecule has 0 radical (unpaired) electrons. The SMILES string of the molecule is CC(C)(C)c1ccc(O)c(NC(=NCc2cccc3ccccc23)NC2CC2)c1. The minimum Gasteiger partial charge on any atom is -0.506 e. The molecule has 0 aromatic heterocycles. The van der Waals surface area contributed by atoms with Crippen LogP contribution < -0.4 is 10.6 Å². The Hall–Kier alpha value is -3.01. The fraction of sp³-hybridized carbons (Fsp3) is 0.320. The number of anilines is 1. The minimum absolute atomic E-state index is 0.00825. The van der Waals surface area contributed by atoms with Crippen LogP contribution >= 0.6 is 0 Å². The highest BCUT2D eigenvalue weighted by atomic mass is 16.3. The molecule has 3 aromatic carbocycles. The van der Waals surface area contributed by atoms with Crippen LogP contribution in [0.25, 0.3) is 10.8 Å². The average molecular weight is 388 g/mol. The Morgan fingerprint density at radius 2 is 1.79 bits per heavy atom. The smallest absolute Gasteiger partial charge is 0.196 e. The van der Waals surface area contributed by atoms with Gasteiger partial charge in [0, 0.05) is 6.04 Å². The number of nitrogens with zero attached hydrogens (tertiary/aromatic N) is 1. The molecule has 1 fully saturated rings. The van der Waals surface area contributed by atoms with Gasteiger partial charge in [-0.3, -0.25) is 0 Å². The third-order valence-electron chi connectivity index (χ3n) is 5.32. The first-order valence-corrected chi connectivity index (χ1v) is 10.3. The molecule has 29 heavy (non-hydrogen) atoms. The summed E-state index contributed by atoms with van der Waals surface area (Å²) in [6.45, 7) is 7.08. The molecule has 0 atom stereocenters. The van der Waals surface area contributed by atoms with Crippen molar-refractivity contribution in [2.45, 2.75) is 51.6 Å². The lowest BCUT2D eigenvalue weighted by molar-refractivity contribution is 0.476. The van der Waals surface area contributed by atoms with E-state index in [2.05, 4.69) is 73.9 Å². The van der Waals surface area contributed by atoms with Gasteiger partial charge in [0.1, 0.15) is 5.75 Å². The van der Waals surface area contributed by atoms with E-state index >= 15 is 0 Å². The number of hydrogen-bond acceptors (Lipinski definition) is 2. The van der Waals surface area contributed by atoms with Crippen LogP contribution in [0.15, 0.2) is 65.7 Å². The molecule has 1 aliphatic carbocycles. The van der Waals surface area contributed by atoms with E-state index in [1.54, 1.807) is 6.07 Å². The van der Waals surface area contributed by atoms with Gasteiger partial charge in [0.25, 0.3) is 0 Å². The summed E-state index contributed by atoms with van der Waals surface area (Å²) in [5.41, 5.74) is 3.04. The van der Waals surface area contributed by atoms with Crippen LogP contribution in [0.4, 0.5) is 5.69 Å². The first-order chi connectivity index (χ1) is 13.9. The van der Waals surface area contributed by atoms with E-state index in [0.717, 1.165) is 18.4 Å². The van der Waals surface area contributed by atoms with Crippen molar-refractivity contribution in [2.75, 3.05) is 5.32 Å². The maximum absolute atomic E-state index is 10.4. The van der Waals surface area contributed by atoms with Gasteiger partial charge in [-0.15, -0.1) is 0 Å². The van der Waals surface area contributed by atoms with Gasteiger partial charge in [0.05, 0.1) is 12.2 Å². The first-order valence-electron chi connectivity index (χ1n) is 10.3. The van der Waals surface area contributed by atoms with Gasteiger partial charge in [0.15, 0.2) is 5.96 Å². The Balaban J connectivity index is 1.61. The van der Waals surface area contributed by atoms with Gasteiger partial charge in [-0.2, -0.15) is 0 Å². The largest absolute Gasteiger partial charge is 0.506 e. The molecule has 0 unspecified atom stereocenters. The molecule has 4 heteroatoms. The number of rotatable bonds is 4. The summed E-state index contributed by atoms with van der Waals surface area (Å²) < 4.78 is 0. The standard InChI is InChI=1S/C25H29N3O/c1-25(2,3)19-11-14-23(29)22(15-19)28-24(27-20-12-13-20)26-16-18-9-6-8-17-7-4-5-10-21(17)18/h4-11,14-15,20,29H,12-13,16H2,1-3H3,(H2,26,27,28). The maximum atomic E-state index is 10.4. The summed E-state index contributed by atoms with van der Waals surface area (Å²) in [6, 6.07) is 20.9. The molecule has 0 spiro atoms. The summed E-state index contributed by atoms with van der Waals surface area (Å²) in [6.07, 6.45) is 2.31. The highest BCUT2D eigenvalue weighted by Crippen LogP contribution is 2.31. The monoisotopic (exact) mass is 387 g/mol. The van der Waals surface area contributed by atoms with Crippen molar-refractivity contribution in [3.05, 3.63) is 71.8 Å². The zero-order valence-corrected chi connectivity index (χ0v) is 17.4. The van der Waals surface area contributed by atoms with E-state index in [1.165, 1.54) is 16.3 Å². The van der Waals surface area contributed by atoms with Crippen molar-refractivity contribution in [1.29, 1.82) is 0 Å². The molecule has 0 saturated heterocycles. The Labute approximate surface area is 172 Å². The molecular formula is C25H29N3O. The van der Waals surface area contributed by atoms with Crippen LogP contribution in [0, 0.1) is 0 Å². The quantitative estimate of drug-likeness (QED) is 0.312. The summed E-state index contributed by atoms with van der Waals surface area (Å²) in [5.74, 6) is 0.940. The maximum Gasteiger partial charge on any atom is 0.196 e. The van der Waals surface area contributed by atoms with E-state index in [4.69, 9.17) is 4.99 Å². The topological polar surface area (TPSA) is 56.6 Å². The van der Waals surface area contributed by atoms with Crippen molar-refractivity contribution in [2.24, 2.45) is 4.99 Å². The van der Waals surface area contributed by atoms with Crippen LogP contribution in [-0.4, -0.2) is 17.1 Å². The second-order valence-corrected chi connectivity index (χ2v) is 8.83. The number of aromatic hydroxyl groups is 1. The minimum atomic E-state index is 0.00825. The predicted octanol–water partition coefficient (Wildman–Crippen LogP) is 5.56. The molecule has 0 aliphatic heterocycles. The van der Waals surface area contributed by atoms with Crippen molar-refractivity contribution in [1.82, 2.24) is 5.32 Å². The van der Waals surface area contributed by atoms with Crippen molar-refractivity contribution in [3.63, 3.8) is 0 Å². The summed E-state index contributed by atoms with van der Waals surface area (Å²) in [4.78, 5) is 4.84. The number of nitrogens with one attached hydrogen (secondary N) is 2. The average Bonchev–Trinajstić information content (AvgIpc) is 3.51. The van der Waals surface area contributed by atoms with E-state index in [-0.39, 0.29) is 11.2 Å². The molecular weight excluding hydrogens is 358 g/mol. The number of guanidine groups is 1. The van der Waals surface area contributed by atoms with E-state index in [9.17, 15) is 5.11 Å². The Morgan fingerprint density at radius 1 is 1.03 bits per heavy atom. The van der Waals surface area contributed by atoms with E-state index < -0.39 is 0 Å². The highest BCUT2D eigenvalue weighted by Gasteiger charge is 2.23. The van der Waals surface area contributed by atoms with Crippen molar-refractivity contribution >= 4 is 22.4 Å². The molecule has 150 valence electrons. The van der Waals surface area contributed by atoms with Crippen molar-refractivity contribution < 1.29 is 5.11 Å². The van der Waals surface area contributed by atoms with Gasteiger partial charge in [-0.25, -0.2) is 4.99 Å². The molecule has 0 bridgehead atoms. The number of phenolic OH excluding ortho intramolecular Hbond substituents is 1. The Bertz CT molecular complexity index is 1040. The number of aliphatic imine (C=N–C) groups is 1. The zero-order chi connectivity index (χ0) is 20.4. The molecule has 3 N–H and O–H groups in total. The van der Waals surface area contributed by atoms with Crippen LogP contribution in [0.2, 0.25) is 0 Å². The zero-order valence-electron chi connectivity index (χ0n) is 17.4. The van der Waals surface area contributed by atoms with Crippen molar-refractivity contribution in [3.8, 4) is 5.75 Å². The van der Waals surface area contributed by atoms with Crippen LogP contribution in [0.3, 0.4) is 0 Å². The molecule has 4 rings (SSSR count). The number of fused-ring (bicyclic) bond motifs is 1. The lowest BCUT2D eigenvalue weighted by atomic mass is 9.87. The number of benzene rings is 3. The van der Waals surface area contributed by atoms with Crippen LogP contribution in [0.1, 0.15) is 44.7 Å². The fourth-order valence-corrected chi connectivity index (χ4v) is 3.37. The number of hydrogen-bond donors (Lipinski definition) is 3. The van der Waals surface area contributed by atoms with Crippen LogP contribution in [0.5, 0.6) is 5.75 Å². The first kappa shape index (κ1) is 19.3. The molecule has 3 aromatic rings. The van der Waals surface area contributed by atoms with E-state index in [1.807, 2.05) is 12.1 Å². The molecule has 1 aliphatic rings. The summed E-state index contributed by atoms with van der Waals surface area (Å²) in [5, 5.41) is 19.6. The second kappa shape index (κ2) is 7.78. The molecule has 0 amide bonds. The van der Waals surface area contributed by atoms with E-state index in [0.29, 0.717) is 24.2 Å². The fourth-order valence-electron chi connectivity index (χ4n) is 3.37. The lowest BCUT2D eigenvalue weighted by Crippen LogP contribution is -2.32. The third kappa shape index (κ3) is 4.70. The normalized spacial score (nSPS) is 14.8. The highest BCUT2D eigenvalue weighted by molar-refractivity contribution is 5.95. The van der Waals surface area contributed by atoms with Gasteiger partial charge in [0.2, 0.25) is 0 Å². The van der Waals surface area contributed by atoms with Gasteiger partial charge in [-0.05, 0) is 52.3 Å². The van der Waals surface area contributed by atoms with Crippen LogP contribution in [-0.2, 0) is 12.0 Å². The summed E-state index contributed by atoms with van der Waals surface area (Å²) >= 11 is 0. The lowest BCUT2D eigenvalue weighted by Gasteiger charge is -2.21. The predicted molar refractivity (Wildman–Crippen MR) is 122 cm³/mol. The van der Waals surface area contributed by atoms with Gasteiger partial charge >= 0.3 is 0 Å². The third-order valence-corrected chi connectivity index (χ3v) is 5.32. The Kier molecular flexibility index (Phi) is 5.18. The number of phenols is 1. The van der Waals surface area contributed by atoms with Gasteiger partial charge < -0.3 is 15.7 Å². The summed E-state index contributed by atoms with van der Waals surface area (Å²) in [7, 11) is 0. The molecule has 0 heterocycles. The van der Waals surface area contributed by atoms with Gasteiger partial charge in [-0.1, -0.05) is 69.3 Å².